The molecule has 1 nitrogen and oxygen atoms in total. The number of fused-ring (bicyclic) bond motifs is 1. The van der Waals surface area contributed by atoms with Gasteiger partial charge < -0.3 is 5.11 Å². The molecule has 0 fully saturated rings. The molecule has 0 heterocycles. The highest BCUT2D eigenvalue weighted by molar-refractivity contribution is 5.85. The standard InChI is InChI=1S/C19H17FO/c20-19-11-4-3-10-18(19)16(13-21)12-15-8-5-7-14-6-1-2-9-17(14)15/h1-11,16,21H,12-13H2. The summed E-state index contributed by atoms with van der Waals surface area (Å²) >= 11 is 0. The van der Waals surface area contributed by atoms with Crippen molar-refractivity contribution in [3.63, 3.8) is 0 Å². The molecular formula is C19H17FO. The minimum absolute atomic E-state index is 0.0653. The van der Waals surface area contributed by atoms with E-state index in [2.05, 4.69) is 18.2 Å². The van der Waals surface area contributed by atoms with E-state index in [-0.39, 0.29) is 18.3 Å². The number of hydrogen-bond acceptors (Lipinski definition) is 1. The monoisotopic (exact) mass is 280 g/mol. The summed E-state index contributed by atoms with van der Waals surface area (Å²) < 4.78 is 13.9. The molecule has 0 aliphatic carbocycles. The van der Waals surface area contributed by atoms with Crippen LogP contribution in [0.2, 0.25) is 0 Å². The number of benzene rings is 3. The van der Waals surface area contributed by atoms with Gasteiger partial charge in [-0.3, -0.25) is 0 Å². The van der Waals surface area contributed by atoms with Crippen molar-refractivity contribution in [2.45, 2.75) is 12.3 Å². The molecule has 0 radical (unpaired) electrons. The van der Waals surface area contributed by atoms with Crippen LogP contribution in [0, 0.1) is 5.82 Å². The minimum atomic E-state index is -0.253. The molecule has 0 amide bonds. The van der Waals surface area contributed by atoms with E-state index in [1.54, 1.807) is 12.1 Å². The maximum atomic E-state index is 13.9. The highest BCUT2D eigenvalue weighted by atomic mass is 19.1. The molecule has 0 spiro atoms. The molecule has 1 atom stereocenters. The average Bonchev–Trinajstić information content (AvgIpc) is 2.53. The summed E-state index contributed by atoms with van der Waals surface area (Å²) in [5.41, 5.74) is 1.71. The molecule has 1 N–H and O–H groups in total. The number of halogens is 1. The van der Waals surface area contributed by atoms with Gasteiger partial charge in [0, 0.05) is 5.92 Å². The van der Waals surface area contributed by atoms with Crippen LogP contribution in [-0.4, -0.2) is 11.7 Å². The lowest BCUT2D eigenvalue weighted by molar-refractivity contribution is 0.262. The van der Waals surface area contributed by atoms with Crippen LogP contribution in [0.1, 0.15) is 17.0 Å². The van der Waals surface area contributed by atoms with E-state index in [1.165, 1.54) is 11.5 Å². The first kappa shape index (κ1) is 13.8. The van der Waals surface area contributed by atoms with E-state index in [0.717, 1.165) is 10.9 Å². The zero-order valence-corrected chi connectivity index (χ0v) is 11.7. The molecule has 0 aromatic heterocycles. The summed E-state index contributed by atoms with van der Waals surface area (Å²) in [5.74, 6) is -0.478. The summed E-state index contributed by atoms with van der Waals surface area (Å²) in [6.07, 6.45) is 0.624. The molecule has 1 unspecified atom stereocenters. The van der Waals surface area contributed by atoms with Crippen LogP contribution in [0.3, 0.4) is 0 Å². The first-order valence-electron chi connectivity index (χ1n) is 7.11. The third-order valence-electron chi connectivity index (χ3n) is 3.91. The van der Waals surface area contributed by atoms with Gasteiger partial charge in [0.2, 0.25) is 0 Å². The maximum absolute atomic E-state index is 13.9. The van der Waals surface area contributed by atoms with Gasteiger partial charge in [0.25, 0.3) is 0 Å². The third-order valence-corrected chi connectivity index (χ3v) is 3.91. The Labute approximate surface area is 123 Å². The van der Waals surface area contributed by atoms with E-state index < -0.39 is 0 Å². The van der Waals surface area contributed by atoms with Crippen molar-refractivity contribution >= 4 is 10.8 Å². The fourth-order valence-electron chi connectivity index (χ4n) is 2.81. The van der Waals surface area contributed by atoms with Crippen LogP contribution in [0.5, 0.6) is 0 Å². The van der Waals surface area contributed by atoms with Gasteiger partial charge in [-0.15, -0.1) is 0 Å². The largest absolute Gasteiger partial charge is 0.396 e. The summed E-state index contributed by atoms with van der Waals surface area (Å²) in [6, 6.07) is 20.9. The smallest absolute Gasteiger partial charge is 0.126 e. The van der Waals surface area contributed by atoms with Crippen molar-refractivity contribution in [2.75, 3.05) is 6.61 Å². The Morgan fingerprint density at radius 2 is 1.57 bits per heavy atom. The van der Waals surface area contributed by atoms with Crippen molar-refractivity contribution in [3.05, 3.63) is 83.7 Å². The zero-order chi connectivity index (χ0) is 14.7. The predicted octanol–water partition coefficient (Wildman–Crippen LogP) is 4.30. The maximum Gasteiger partial charge on any atom is 0.126 e. The quantitative estimate of drug-likeness (QED) is 0.755. The Morgan fingerprint density at radius 3 is 2.38 bits per heavy atom. The van der Waals surface area contributed by atoms with E-state index >= 15 is 0 Å². The number of aliphatic hydroxyl groups is 1. The molecule has 0 aliphatic heterocycles. The Kier molecular flexibility index (Phi) is 3.98. The van der Waals surface area contributed by atoms with Gasteiger partial charge in [-0.05, 0) is 34.4 Å². The normalized spacial score (nSPS) is 12.5. The van der Waals surface area contributed by atoms with E-state index in [0.29, 0.717) is 12.0 Å². The van der Waals surface area contributed by atoms with Crippen molar-refractivity contribution in [2.24, 2.45) is 0 Å². The summed E-state index contributed by atoms with van der Waals surface area (Å²) in [6.45, 7) is -0.0653. The lowest BCUT2D eigenvalue weighted by atomic mass is 9.90. The van der Waals surface area contributed by atoms with Crippen molar-refractivity contribution in [1.82, 2.24) is 0 Å². The highest BCUT2D eigenvalue weighted by Gasteiger charge is 2.16. The second-order valence-electron chi connectivity index (χ2n) is 5.24. The fourth-order valence-corrected chi connectivity index (χ4v) is 2.81. The zero-order valence-electron chi connectivity index (χ0n) is 11.7. The first-order chi connectivity index (χ1) is 10.3. The lowest BCUT2D eigenvalue weighted by Crippen LogP contribution is -2.10. The van der Waals surface area contributed by atoms with Crippen LogP contribution in [0.15, 0.2) is 66.7 Å². The Hall–Kier alpha value is -2.19. The van der Waals surface area contributed by atoms with Gasteiger partial charge in [-0.1, -0.05) is 60.7 Å². The molecule has 3 aromatic carbocycles. The molecular weight excluding hydrogens is 263 g/mol. The molecule has 2 heteroatoms. The molecule has 0 saturated carbocycles. The van der Waals surface area contributed by atoms with Crippen LogP contribution < -0.4 is 0 Å². The van der Waals surface area contributed by atoms with Gasteiger partial charge in [0.05, 0.1) is 6.61 Å². The third kappa shape index (κ3) is 2.81. The second-order valence-corrected chi connectivity index (χ2v) is 5.24. The van der Waals surface area contributed by atoms with Crippen LogP contribution in [-0.2, 0) is 6.42 Å². The predicted molar refractivity (Wildman–Crippen MR) is 83.9 cm³/mol. The Bertz CT molecular complexity index is 746. The van der Waals surface area contributed by atoms with E-state index in [4.69, 9.17) is 0 Å². The van der Waals surface area contributed by atoms with Gasteiger partial charge in [0.15, 0.2) is 0 Å². The number of aliphatic hydroxyl groups excluding tert-OH is 1. The van der Waals surface area contributed by atoms with Gasteiger partial charge in [-0.2, -0.15) is 0 Å². The Balaban J connectivity index is 1.98. The van der Waals surface area contributed by atoms with Crippen LogP contribution >= 0.6 is 0 Å². The SMILES string of the molecule is OCC(Cc1cccc2ccccc12)c1ccccc1F. The molecule has 21 heavy (non-hydrogen) atoms. The Morgan fingerprint density at radius 1 is 0.857 bits per heavy atom. The summed E-state index contributed by atoms with van der Waals surface area (Å²) in [7, 11) is 0. The summed E-state index contributed by atoms with van der Waals surface area (Å²) in [5, 5.41) is 12.0. The van der Waals surface area contributed by atoms with Crippen molar-refractivity contribution in [3.8, 4) is 0 Å². The highest BCUT2D eigenvalue weighted by Crippen LogP contribution is 2.27. The average molecular weight is 280 g/mol. The van der Waals surface area contributed by atoms with Gasteiger partial charge >= 0.3 is 0 Å². The van der Waals surface area contributed by atoms with Gasteiger partial charge in [0.1, 0.15) is 5.82 Å². The second kappa shape index (κ2) is 6.06. The van der Waals surface area contributed by atoms with E-state index in [9.17, 15) is 9.50 Å². The molecule has 0 bridgehead atoms. The van der Waals surface area contributed by atoms with Crippen molar-refractivity contribution < 1.29 is 9.50 Å². The molecule has 106 valence electrons. The molecule has 0 aliphatic rings. The molecule has 3 aromatic rings. The molecule has 3 rings (SSSR count). The minimum Gasteiger partial charge on any atom is -0.396 e. The topological polar surface area (TPSA) is 20.2 Å². The van der Waals surface area contributed by atoms with Crippen LogP contribution in [0.25, 0.3) is 10.8 Å². The number of hydrogen-bond donors (Lipinski definition) is 1. The molecule has 0 saturated heterocycles. The summed E-state index contributed by atoms with van der Waals surface area (Å²) in [4.78, 5) is 0. The fraction of sp³-hybridized carbons (Fsp3) is 0.158. The first-order valence-corrected chi connectivity index (χ1v) is 7.11. The van der Waals surface area contributed by atoms with Gasteiger partial charge in [-0.25, -0.2) is 4.39 Å². The lowest BCUT2D eigenvalue weighted by Gasteiger charge is -2.17. The number of rotatable bonds is 4. The van der Waals surface area contributed by atoms with Crippen molar-refractivity contribution in [1.29, 1.82) is 0 Å². The van der Waals surface area contributed by atoms with Crippen LogP contribution in [0.4, 0.5) is 4.39 Å². The van der Waals surface area contributed by atoms with E-state index in [1.807, 2.05) is 30.3 Å².